The van der Waals surface area contributed by atoms with Crippen LogP contribution in [0.15, 0.2) is 45.8 Å². The summed E-state index contributed by atoms with van der Waals surface area (Å²) in [5.74, 6) is -0.181. The Morgan fingerprint density at radius 2 is 2.16 bits per heavy atom. The Bertz CT molecular complexity index is 884. The van der Waals surface area contributed by atoms with Crippen molar-refractivity contribution >= 4 is 67.8 Å². The standard InChI is InChI=1S/C17H10BrClFNO2S2/c18-10-4-5-14(23-8-11-12(19)2-1-3-13(11)20)9(6-10)7-15-16(22)21-17(24)25-15/h1-7H,8H2,(H,21,22,24)/b15-7+. The van der Waals surface area contributed by atoms with E-state index in [0.29, 0.717) is 25.6 Å². The molecule has 0 bridgehead atoms. The number of rotatable bonds is 4. The van der Waals surface area contributed by atoms with E-state index in [4.69, 9.17) is 28.6 Å². The van der Waals surface area contributed by atoms with Gasteiger partial charge in [0.25, 0.3) is 5.91 Å². The second-order valence-electron chi connectivity index (χ2n) is 5.02. The summed E-state index contributed by atoms with van der Waals surface area (Å²) in [6, 6.07) is 9.81. The fraction of sp³-hybridized carbons (Fsp3) is 0.0588. The van der Waals surface area contributed by atoms with Crippen molar-refractivity contribution in [3.8, 4) is 5.75 Å². The predicted molar refractivity (Wildman–Crippen MR) is 106 cm³/mol. The number of halogens is 3. The van der Waals surface area contributed by atoms with Gasteiger partial charge in [-0.15, -0.1) is 0 Å². The quantitative estimate of drug-likeness (QED) is 0.498. The number of hydrogen-bond donors (Lipinski definition) is 1. The van der Waals surface area contributed by atoms with E-state index in [0.717, 1.165) is 4.47 Å². The Morgan fingerprint density at radius 1 is 1.36 bits per heavy atom. The average Bonchev–Trinajstić information content (AvgIpc) is 2.86. The zero-order valence-electron chi connectivity index (χ0n) is 12.5. The molecule has 1 amide bonds. The number of benzene rings is 2. The van der Waals surface area contributed by atoms with E-state index in [2.05, 4.69) is 21.2 Å². The minimum Gasteiger partial charge on any atom is -0.488 e. The molecule has 0 saturated carbocycles. The van der Waals surface area contributed by atoms with Crippen molar-refractivity contribution in [3.63, 3.8) is 0 Å². The van der Waals surface area contributed by atoms with Crippen LogP contribution in [0.2, 0.25) is 5.02 Å². The van der Waals surface area contributed by atoms with E-state index >= 15 is 0 Å². The number of carbonyl (C=O) groups is 1. The van der Waals surface area contributed by atoms with Gasteiger partial charge in [0.05, 0.1) is 9.93 Å². The van der Waals surface area contributed by atoms with Gasteiger partial charge in [0.1, 0.15) is 22.5 Å². The zero-order chi connectivity index (χ0) is 18.0. The van der Waals surface area contributed by atoms with Crippen LogP contribution in [-0.2, 0) is 11.4 Å². The molecule has 8 heteroatoms. The number of hydrogen-bond acceptors (Lipinski definition) is 4. The molecule has 0 unspecified atom stereocenters. The van der Waals surface area contributed by atoms with Crippen molar-refractivity contribution in [2.45, 2.75) is 6.61 Å². The number of amides is 1. The molecule has 1 saturated heterocycles. The van der Waals surface area contributed by atoms with Gasteiger partial charge in [-0.1, -0.05) is 57.6 Å². The number of carbonyl (C=O) groups excluding carboxylic acids is 1. The van der Waals surface area contributed by atoms with Crippen molar-refractivity contribution in [1.82, 2.24) is 5.32 Å². The van der Waals surface area contributed by atoms with Crippen molar-refractivity contribution < 1.29 is 13.9 Å². The number of thiocarbonyl (C=S) groups is 1. The Balaban J connectivity index is 1.88. The molecular weight excluding hydrogens is 449 g/mol. The van der Waals surface area contributed by atoms with Gasteiger partial charge in [-0.05, 0) is 36.4 Å². The van der Waals surface area contributed by atoms with Crippen LogP contribution in [-0.4, -0.2) is 10.2 Å². The third kappa shape index (κ3) is 4.41. The Kier molecular flexibility index (Phi) is 5.78. The normalized spacial score (nSPS) is 15.6. The van der Waals surface area contributed by atoms with Gasteiger partial charge in [-0.25, -0.2) is 4.39 Å². The van der Waals surface area contributed by atoms with Gasteiger partial charge < -0.3 is 10.1 Å². The smallest absolute Gasteiger partial charge is 0.263 e. The van der Waals surface area contributed by atoms with Crippen LogP contribution in [0.1, 0.15) is 11.1 Å². The van der Waals surface area contributed by atoms with Crippen molar-refractivity contribution in [2.75, 3.05) is 0 Å². The van der Waals surface area contributed by atoms with E-state index < -0.39 is 5.82 Å². The van der Waals surface area contributed by atoms with Crippen LogP contribution in [0.3, 0.4) is 0 Å². The maximum Gasteiger partial charge on any atom is 0.263 e. The van der Waals surface area contributed by atoms with Crippen molar-refractivity contribution in [2.24, 2.45) is 0 Å². The van der Waals surface area contributed by atoms with Crippen molar-refractivity contribution in [1.29, 1.82) is 0 Å². The maximum absolute atomic E-state index is 13.9. The fourth-order valence-corrected chi connectivity index (χ4v) is 3.78. The molecule has 0 atom stereocenters. The minimum absolute atomic E-state index is 0.0267. The summed E-state index contributed by atoms with van der Waals surface area (Å²) in [6.07, 6.45) is 1.68. The molecule has 128 valence electrons. The van der Waals surface area contributed by atoms with Crippen LogP contribution >= 0.6 is 51.5 Å². The first kappa shape index (κ1) is 18.4. The third-order valence-corrected chi connectivity index (χ3v) is 5.34. The average molecular weight is 459 g/mol. The second-order valence-corrected chi connectivity index (χ2v) is 8.07. The lowest BCUT2D eigenvalue weighted by molar-refractivity contribution is -0.115. The molecule has 2 aromatic rings. The lowest BCUT2D eigenvalue weighted by atomic mass is 10.1. The second kappa shape index (κ2) is 7.86. The molecule has 1 heterocycles. The van der Waals surface area contributed by atoms with E-state index in [1.807, 2.05) is 0 Å². The molecule has 0 aromatic heterocycles. The van der Waals surface area contributed by atoms with Gasteiger partial charge >= 0.3 is 0 Å². The molecule has 1 N–H and O–H groups in total. The molecule has 0 spiro atoms. The van der Waals surface area contributed by atoms with Gasteiger partial charge in [0.2, 0.25) is 0 Å². The molecule has 2 aromatic carbocycles. The van der Waals surface area contributed by atoms with Crippen LogP contribution in [0, 0.1) is 5.82 Å². The summed E-state index contributed by atoms with van der Waals surface area (Å²) in [4.78, 5) is 12.3. The highest BCUT2D eigenvalue weighted by Crippen LogP contribution is 2.32. The number of thioether (sulfide) groups is 1. The highest BCUT2D eigenvalue weighted by molar-refractivity contribution is 9.10. The van der Waals surface area contributed by atoms with Crippen LogP contribution in [0.25, 0.3) is 6.08 Å². The van der Waals surface area contributed by atoms with Gasteiger partial charge in [-0.3, -0.25) is 4.79 Å². The molecule has 0 aliphatic carbocycles. The summed E-state index contributed by atoms with van der Waals surface area (Å²) in [5.41, 5.74) is 0.948. The largest absolute Gasteiger partial charge is 0.488 e. The predicted octanol–water partition coefficient (Wildman–Crippen LogP) is 5.31. The summed E-state index contributed by atoms with van der Waals surface area (Å²) >= 11 is 15.6. The lowest BCUT2D eigenvalue weighted by Crippen LogP contribution is -2.17. The molecule has 1 aliphatic heterocycles. The SMILES string of the molecule is O=C1NC(=S)S/C1=C/c1cc(Br)ccc1OCc1c(F)cccc1Cl. The molecule has 3 rings (SSSR count). The lowest BCUT2D eigenvalue weighted by Gasteiger charge is -2.12. The molecule has 25 heavy (non-hydrogen) atoms. The van der Waals surface area contributed by atoms with E-state index in [9.17, 15) is 9.18 Å². The fourth-order valence-electron chi connectivity index (χ4n) is 2.15. The van der Waals surface area contributed by atoms with Crippen molar-refractivity contribution in [3.05, 3.63) is 67.7 Å². The number of ether oxygens (including phenoxy) is 1. The number of nitrogens with one attached hydrogen (secondary N) is 1. The van der Waals surface area contributed by atoms with Gasteiger partial charge in [0, 0.05) is 15.6 Å². The van der Waals surface area contributed by atoms with E-state index in [1.165, 1.54) is 23.9 Å². The minimum atomic E-state index is -0.430. The summed E-state index contributed by atoms with van der Waals surface area (Å²) < 4.78 is 20.9. The highest BCUT2D eigenvalue weighted by Gasteiger charge is 2.22. The first-order valence-corrected chi connectivity index (χ1v) is 9.43. The highest BCUT2D eigenvalue weighted by atomic mass is 79.9. The van der Waals surface area contributed by atoms with Crippen LogP contribution in [0.5, 0.6) is 5.75 Å². The van der Waals surface area contributed by atoms with Gasteiger partial charge in [0.15, 0.2) is 0 Å². The molecule has 0 radical (unpaired) electrons. The van der Waals surface area contributed by atoms with E-state index in [-0.39, 0.29) is 18.1 Å². The Hall–Kier alpha value is -1.41. The molecule has 1 aliphatic rings. The Labute approximate surface area is 166 Å². The maximum atomic E-state index is 13.9. The monoisotopic (exact) mass is 457 g/mol. The van der Waals surface area contributed by atoms with Crippen LogP contribution in [0.4, 0.5) is 4.39 Å². The summed E-state index contributed by atoms with van der Waals surface area (Å²) in [6.45, 7) is -0.0267. The third-order valence-electron chi connectivity index (χ3n) is 3.33. The molecular formula is C17H10BrClFNO2S2. The van der Waals surface area contributed by atoms with Crippen LogP contribution < -0.4 is 10.1 Å². The first-order valence-electron chi connectivity index (χ1n) is 7.04. The zero-order valence-corrected chi connectivity index (χ0v) is 16.5. The topological polar surface area (TPSA) is 38.3 Å². The van der Waals surface area contributed by atoms with Gasteiger partial charge in [-0.2, -0.15) is 0 Å². The molecule has 3 nitrogen and oxygen atoms in total. The Morgan fingerprint density at radius 3 is 2.84 bits per heavy atom. The first-order chi connectivity index (χ1) is 11.9. The summed E-state index contributed by atoms with van der Waals surface area (Å²) in [5, 5.41) is 2.86. The molecule has 1 fully saturated rings. The van der Waals surface area contributed by atoms with E-state index in [1.54, 1.807) is 30.3 Å². The summed E-state index contributed by atoms with van der Waals surface area (Å²) in [7, 11) is 0.